The number of hydrogen-bond donors (Lipinski definition) is 0. The number of aromatic nitrogens is 1. The molecular weight excluding hydrogens is 595 g/mol. The minimum absolute atomic E-state index is 0. The van der Waals surface area contributed by atoms with Gasteiger partial charge in [-0.25, -0.2) is 8.78 Å². The number of nitrogens with zero attached hydrogens (tertiary/aromatic N) is 2. The molecule has 4 nitrogen and oxygen atoms in total. The van der Waals surface area contributed by atoms with Gasteiger partial charge in [0.25, 0.3) is 0 Å². The molecule has 27 heavy (non-hydrogen) atoms. The van der Waals surface area contributed by atoms with Gasteiger partial charge in [0, 0.05) is 72.3 Å². The summed E-state index contributed by atoms with van der Waals surface area (Å²) in [6.45, 7) is 1.35. The quantitative estimate of drug-likeness (QED) is 0.315. The summed E-state index contributed by atoms with van der Waals surface area (Å²) in [5.74, 6) is -0.482. The predicted octanol–water partition coefficient (Wildman–Crippen LogP) is 4.79. The van der Waals surface area contributed by atoms with Crippen LogP contribution >= 0.6 is 8.73 Å². The Hall–Kier alpha value is -1.12. The molecule has 0 radical (unpaired) electrons. The van der Waals surface area contributed by atoms with Crippen LogP contribution in [0.25, 0.3) is 16.6 Å². The van der Waals surface area contributed by atoms with Crippen LogP contribution < -0.4 is 5.30 Å². The van der Waals surface area contributed by atoms with Crippen molar-refractivity contribution < 1.29 is 44.6 Å². The number of halogens is 2. The second kappa shape index (κ2) is 8.92. The third kappa shape index (κ3) is 4.17. The molecule has 138 valence electrons. The summed E-state index contributed by atoms with van der Waals surface area (Å²) in [4.78, 5) is 13.8. The van der Waals surface area contributed by atoms with Gasteiger partial charge < -0.3 is 9.30 Å². The summed E-state index contributed by atoms with van der Waals surface area (Å²) in [7, 11) is -0.357. The average Bonchev–Trinajstić information content (AvgIpc) is 3.03. The van der Waals surface area contributed by atoms with Crippen LogP contribution in [0.1, 0.15) is 24.5 Å². The van der Waals surface area contributed by atoms with Crippen LogP contribution in [0.2, 0.25) is 0 Å². The maximum Gasteiger partial charge on any atom is 0.126 e. The van der Waals surface area contributed by atoms with Gasteiger partial charge in [0.15, 0.2) is 0 Å². The topological polar surface area (TPSA) is 43.6 Å². The fourth-order valence-electron chi connectivity index (χ4n) is 3.61. The molecule has 1 aliphatic rings. The van der Waals surface area contributed by atoms with Crippen LogP contribution in [0.15, 0.2) is 47.4 Å². The maximum atomic E-state index is 14.2. The summed E-state index contributed by atoms with van der Waals surface area (Å²) in [5.41, 5.74) is 2.46. The van der Waals surface area contributed by atoms with E-state index in [-0.39, 0.29) is 51.6 Å². The van der Waals surface area contributed by atoms with E-state index < -0.39 is 5.82 Å². The molecule has 2 aromatic carbocycles. The molecule has 2 heterocycles. The fourth-order valence-corrected chi connectivity index (χ4v) is 4.23. The molecule has 0 spiro atoms. The van der Waals surface area contributed by atoms with Gasteiger partial charge in [0.1, 0.15) is 11.6 Å². The molecule has 1 atom stereocenters. The van der Waals surface area contributed by atoms with E-state index in [2.05, 4.69) is 4.95 Å². The Morgan fingerprint density at radius 3 is 2.41 bits per heavy atom. The van der Waals surface area contributed by atoms with Crippen molar-refractivity contribution in [3.63, 3.8) is 0 Å². The Labute approximate surface area is 180 Å². The first kappa shape index (κ1) is 20.6. The third-order valence-corrected chi connectivity index (χ3v) is 5.55. The Bertz CT molecular complexity index is 956. The predicted molar refractivity (Wildman–Crippen MR) is 99.7 cm³/mol. The molecule has 1 aliphatic heterocycles. The summed E-state index contributed by atoms with van der Waals surface area (Å²) in [5, 5.41) is 1.40. The van der Waals surface area contributed by atoms with Crippen molar-refractivity contribution >= 4 is 24.9 Å². The van der Waals surface area contributed by atoms with E-state index in [0.717, 1.165) is 29.6 Å². The smallest absolute Gasteiger partial charge is 0.126 e. The van der Waals surface area contributed by atoms with Gasteiger partial charge in [-0.2, -0.15) is 0 Å². The molecule has 0 amide bonds. The van der Waals surface area contributed by atoms with Crippen molar-refractivity contribution in [2.75, 3.05) is 13.2 Å². The average molecular weight is 612 g/mol. The molecule has 4 rings (SSSR count). The normalized spacial score (nSPS) is 15.3. The SMILES string of the molecule is O=NPc1cc(F)cc2c1cc(C1CCOCC1)n2-c1ccc(F)cc1.[U]. The first-order valence-electron chi connectivity index (χ1n) is 8.44. The van der Waals surface area contributed by atoms with Crippen molar-refractivity contribution in [2.24, 2.45) is 4.95 Å². The van der Waals surface area contributed by atoms with Crippen LogP contribution in [0.3, 0.4) is 0 Å². The molecule has 0 bridgehead atoms. The fraction of sp³-hybridized carbons (Fsp3) is 0.263. The zero-order chi connectivity index (χ0) is 18.1. The maximum absolute atomic E-state index is 14.2. The Morgan fingerprint density at radius 2 is 1.74 bits per heavy atom. The van der Waals surface area contributed by atoms with Crippen LogP contribution in [0.5, 0.6) is 0 Å². The number of fused-ring (bicyclic) bond motifs is 1. The molecule has 1 aromatic heterocycles. The van der Waals surface area contributed by atoms with Crippen LogP contribution in [-0.2, 0) is 4.74 Å². The Kier molecular flexibility index (Phi) is 6.81. The van der Waals surface area contributed by atoms with E-state index in [0.29, 0.717) is 24.0 Å². The van der Waals surface area contributed by atoms with Crippen molar-refractivity contribution in [3.05, 3.63) is 64.7 Å². The molecule has 0 saturated carbocycles. The van der Waals surface area contributed by atoms with E-state index in [1.165, 1.54) is 24.3 Å². The van der Waals surface area contributed by atoms with Gasteiger partial charge >= 0.3 is 0 Å². The van der Waals surface area contributed by atoms with Gasteiger partial charge in [0.2, 0.25) is 0 Å². The Morgan fingerprint density at radius 1 is 1.04 bits per heavy atom. The summed E-state index contributed by atoms with van der Waals surface area (Å²) in [6, 6.07) is 11.0. The zero-order valence-electron chi connectivity index (χ0n) is 14.4. The van der Waals surface area contributed by atoms with E-state index >= 15 is 0 Å². The number of hydrogen-bond acceptors (Lipinski definition) is 3. The number of ether oxygens (including phenoxy) is 1. The number of nitroso groups, excluding NO2 is 1. The molecule has 1 unspecified atom stereocenters. The van der Waals surface area contributed by atoms with Crippen molar-refractivity contribution in [3.8, 4) is 5.69 Å². The summed E-state index contributed by atoms with van der Waals surface area (Å²) >= 11 is 0. The second-order valence-corrected chi connectivity index (χ2v) is 7.30. The van der Waals surface area contributed by atoms with Crippen LogP contribution in [0.4, 0.5) is 8.78 Å². The summed E-state index contributed by atoms with van der Waals surface area (Å²) < 4.78 is 35.0. The molecule has 8 heteroatoms. The van der Waals surface area contributed by atoms with Gasteiger partial charge in [0.05, 0.1) is 14.2 Å². The van der Waals surface area contributed by atoms with Crippen LogP contribution in [-0.4, -0.2) is 17.8 Å². The molecule has 1 fully saturated rings. The first-order chi connectivity index (χ1) is 12.7. The Balaban J connectivity index is 0.00000210. The second-order valence-electron chi connectivity index (χ2n) is 6.36. The molecule has 3 aromatic rings. The molecule has 1 saturated heterocycles. The number of benzene rings is 2. The minimum Gasteiger partial charge on any atom is -0.381 e. The van der Waals surface area contributed by atoms with Gasteiger partial charge in [-0.15, -0.1) is 4.91 Å². The zero-order valence-corrected chi connectivity index (χ0v) is 19.6. The van der Waals surface area contributed by atoms with E-state index in [1.807, 2.05) is 10.6 Å². The van der Waals surface area contributed by atoms with E-state index in [9.17, 15) is 13.7 Å². The molecular formula is C19H17F2N2O2PU. The monoisotopic (exact) mass is 612 g/mol. The van der Waals surface area contributed by atoms with E-state index in [1.54, 1.807) is 12.1 Å². The number of rotatable bonds is 4. The third-order valence-electron chi connectivity index (χ3n) is 4.80. The largest absolute Gasteiger partial charge is 0.381 e. The van der Waals surface area contributed by atoms with Crippen molar-refractivity contribution in [1.82, 2.24) is 4.57 Å². The first-order valence-corrected chi connectivity index (χ1v) is 9.39. The van der Waals surface area contributed by atoms with Crippen molar-refractivity contribution in [2.45, 2.75) is 18.8 Å². The van der Waals surface area contributed by atoms with Gasteiger partial charge in [-0.3, -0.25) is 0 Å². The van der Waals surface area contributed by atoms with Crippen LogP contribution in [0, 0.1) is 47.7 Å². The summed E-state index contributed by atoms with van der Waals surface area (Å²) in [6.07, 6.45) is 1.73. The van der Waals surface area contributed by atoms with Gasteiger partial charge in [-0.05, 0) is 60.3 Å². The van der Waals surface area contributed by atoms with E-state index in [4.69, 9.17) is 4.74 Å². The van der Waals surface area contributed by atoms with Gasteiger partial charge in [-0.1, -0.05) is 0 Å². The molecule has 0 N–H and O–H groups in total. The standard InChI is InChI=1S/C19H17F2N2O2P.U/c20-13-1-3-15(4-2-13)23-17(12-5-7-25-8-6-12)11-16-18(23)9-14(21)10-19(16)26-22-24;/h1-4,9-12,26H,5-8H2;. The van der Waals surface area contributed by atoms with Crippen molar-refractivity contribution in [1.29, 1.82) is 0 Å². The minimum atomic E-state index is -0.413. The molecule has 0 aliphatic carbocycles.